The van der Waals surface area contributed by atoms with Crippen molar-refractivity contribution in [2.75, 3.05) is 0 Å². The highest BCUT2D eigenvalue weighted by molar-refractivity contribution is 9.10. The van der Waals surface area contributed by atoms with Gasteiger partial charge in [-0.25, -0.2) is 4.39 Å². The summed E-state index contributed by atoms with van der Waals surface area (Å²) in [6.45, 7) is 7.78. The Morgan fingerprint density at radius 2 is 1.65 bits per heavy atom. The van der Waals surface area contributed by atoms with Crippen molar-refractivity contribution in [3.8, 4) is 0 Å². The highest BCUT2D eigenvalue weighted by Gasteiger charge is 2.52. The van der Waals surface area contributed by atoms with Crippen LogP contribution in [-0.2, 0) is 9.31 Å². The second kappa shape index (κ2) is 4.07. The molecule has 0 unspecified atom stereocenters. The van der Waals surface area contributed by atoms with Crippen LogP contribution in [0.2, 0.25) is 0 Å². The molecule has 17 heavy (non-hydrogen) atoms. The van der Waals surface area contributed by atoms with Crippen molar-refractivity contribution < 1.29 is 13.7 Å². The number of hydrogen-bond acceptors (Lipinski definition) is 2. The fraction of sp³-hybridized carbons (Fsp3) is 0.500. The predicted molar refractivity (Wildman–Crippen MR) is 69.8 cm³/mol. The van der Waals surface area contributed by atoms with E-state index < -0.39 is 18.3 Å². The van der Waals surface area contributed by atoms with Crippen molar-refractivity contribution in [3.05, 3.63) is 28.5 Å². The number of rotatable bonds is 1. The first-order valence-corrected chi connectivity index (χ1v) is 6.33. The van der Waals surface area contributed by atoms with Gasteiger partial charge in [0.05, 0.1) is 11.2 Å². The molecule has 0 N–H and O–H groups in total. The summed E-state index contributed by atoms with van der Waals surface area (Å²) in [6.07, 6.45) is 0. The minimum atomic E-state index is -0.671. The van der Waals surface area contributed by atoms with E-state index in [9.17, 15) is 4.39 Å². The number of halogens is 2. The molecule has 1 heterocycles. The number of benzene rings is 1. The third kappa shape index (κ3) is 2.16. The van der Waals surface area contributed by atoms with Crippen molar-refractivity contribution in [1.82, 2.24) is 0 Å². The zero-order chi connectivity index (χ0) is 12.8. The molecule has 0 radical (unpaired) electrons. The lowest BCUT2D eigenvalue weighted by Gasteiger charge is -2.32. The summed E-state index contributed by atoms with van der Waals surface area (Å²) >= 11 is 3.33. The maximum absolute atomic E-state index is 13.8. The minimum Gasteiger partial charge on any atom is -0.399 e. The third-order valence-electron chi connectivity index (χ3n) is 3.49. The lowest BCUT2D eigenvalue weighted by molar-refractivity contribution is 0.00578. The van der Waals surface area contributed by atoms with Crippen LogP contribution in [-0.4, -0.2) is 18.3 Å². The maximum atomic E-state index is 13.8. The average molecular weight is 301 g/mol. The molecule has 1 aliphatic rings. The Bertz CT molecular complexity index is 412. The SMILES string of the molecule is CC1(C)OB(c2c(F)cccc2Br)OC1(C)C. The molecule has 2 rings (SSSR count). The zero-order valence-electron chi connectivity index (χ0n) is 10.4. The van der Waals surface area contributed by atoms with Crippen molar-refractivity contribution in [2.24, 2.45) is 0 Å². The molecule has 0 bridgehead atoms. The quantitative estimate of drug-likeness (QED) is 0.743. The maximum Gasteiger partial charge on any atom is 0.499 e. The van der Waals surface area contributed by atoms with E-state index in [1.54, 1.807) is 12.1 Å². The molecule has 2 nitrogen and oxygen atoms in total. The first kappa shape index (κ1) is 13.1. The van der Waals surface area contributed by atoms with Crippen LogP contribution in [0.3, 0.4) is 0 Å². The number of hydrogen-bond donors (Lipinski definition) is 0. The van der Waals surface area contributed by atoms with Crippen LogP contribution in [0.25, 0.3) is 0 Å². The zero-order valence-corrected chi connectivity index (χ0v) is 12.0. The van der Waals surface area contributed by atoms with E-state index in [1.807, 2.05) is 27.7 Å². The standard InChI is InChI=1S/C12H15BBrFO2/c1-11(2)12(3,4)17-13(16-11)10-8(14)6-5-7-9(10)15/h5-7H,1-4H3. The van der Waals surface area contributed by atoms with Gasteiger partial charge in [0.15, 0.2) is 0 Å². The van der Waals surface area contributed by atoms with Gasteiger partial charge < -0.3 is 9.31 Å². The van der Waals surface area contributed by atoms with Crippen molar-refractivity contribution in [1.29, 1.82) is 0 Å². The van der Waals surface area contributed by atoms with E-state index >= 15 is 0 Å². The van der Waals surface area contributed by atoms with Crippen LogP contribution in [0.5, 0.6) is 0 Å². The first-order valence-electron chi connectivity index (χ1n) is 5.54. The Hall–Kier alpha value is -0.385. The summed E-state index contributed by atoms with van der Waals surface area (Å²) in [4.78, 5) is 0. The highest BCUT2D eigenvalue weighted by Crippen LogP contribution is 2.37. The fourth-order valence-electron chi connectivity index (χ4n) is 1.70. The Kier molecular flexibility index (Phi) is 3.13. The van der Waals surface area contributed by atoms with Gasteiger partial charge in [0.1, 0.15) is 5.82 Å². The molecule has 0 aliphatic carbocycles. The average Bonchev–Trinajstić information content (AvgIpc) is 2.35. The van der Waals surface area contributed by atoms with Gasteiger partial charge in [0, 0.05) is 9.94 Å². The molecular formula is C12H15BBrFO2. The van der Waals surface area contributed by atoms with Crippen molar-refractivity contribution in [2.45, 2.75) is 38.9 Å². The molecule has 1 aromatic carbocycles. The smallest absolute Gasteiger partial charge is 0.399 e. The Labute approximate surface area is 110 Å². The van der Waals surface area contributed by atoms with Crippen molar-refractivity contribution in [3.63, 3.8) is 0 Å². The third-order valence-corrected chi connectivity index (χ3v) is 4.18. The summed E-state index contributed by atoms with van der Waals surface area (Å²) in [6, 6.07) is 4.84. The molecular weight excluding hydrogens is 286 g/mol. The van der Waals surface area contributed by atoms with Crippen LogP contribution in [0, 0.1) is 5.82 Å². The van der Waals surface area contributed by atoms with Gasteiger partial charge in [-0.2, -0.15) is 0 Å². The van der Waals surface area contributed by atoms with Gasteiger partial charge in [-0.1, -0.05) is 22.0 Å². The van der Waals surface area contributed by atoms with Crippen LogP contribution >= 0.6 is 15.9 Å². The van der Waals surface area contributed by atoms with Crippen LogP contribution < -0.4 is 5.46 Å². The van der Waals surface area contributed by atoms with Gasteiger partial charge in [-0.15, -0.1) is 0 Å². The summed E-state index contributed by atoms with van der Waals surface area (Å²) in [5.74, 6) is -0.321. The molecule has 0 saturated carbocycles. The topological polar surface area (TPSA) is 18.5 Å². The first-order chi connectivity index (χ1) is 7.74. The van der Waals surface area contributed by atoms with E-state index in [0.717, 1.165) is 0 Å². The molecule has 1 fully saturated rings. The van der Waals surface area contributed by atoms with Gasteiger partial charge in [-0.3, -0.25) is 0 Å². The van der Waals surface area contributed by atoms with Crippen LogP contribution in [0.1, 0.15) is 27.7 Å². The van der Waals surface area contributed by atoms with E-state index in [4.69, 9.17) is 9.31 Å². The molecule has 0 spiro atoms. The second-order valence-corrected chi connectivity index (χ2v) is 6.08. The Morgan fingerprint density at radius 1 is 1.12 bits per heavy atom. The van der Waals surface area contributed by atoms with Gasteiger partial charge in [0.25, 0.3) is 0 Å². The molecule has 0 aromatic heterocycles. The summed E-state index contributed by atoms with van der Waals surface area (Å²) in [5.41, 5.74) is -0.496. The lowest BCUT2D eigenvalue weighted by Crippen LogP contribution is -2.41. The van der Waals surface area contributed by atoms with Gasteiger partial charge in [0.2, 0.25) is 0 Å². The largest absolute Gasteiger partial charge is 0.499 e. The summed E-state index contributed by atoms with van der Waals surface area (Å²) in [7, 11) is -0.671. The normalized spacial score (nSPS) is 21.9. The van der Waals surface area contributed by atoms with E-state index in [1.165, 1.54) is 6.07 Å². The van der Waals surface area contributed by atoms with Gasteiger partial charge in [-0.05, 0) is 39.8 Å². The molecule has 1 aliphatic heterocycles. The van der Waals surface area contributed by atoms with E-state index in [0.29, 0.717) is 9.94 Å². The molecule has 0 atom stereocenters. The predicted octanol–water partition coefficient (Wildman–Crippen LogP) is 2.89. The Balaban J connectivity index is 2.39. The minimum absolute atomic E-state index is 0.321. The van der Waals surface area contributed by atoms with Crippen LogP contribution in [0.4, 0.5) is 4.39 Å². The fourth-order valence-corrected chi connectivity index (χ4v) is 2.23. The van der Waals surface area contributed by atoms with E-state index in [2.05, 4.69) is 15.9 Å². The summed E-state index contributed by atoms with van der Waals surface area (Å²) < 4.78 is 26.1. The molecule has 92 valence electrons. The molecule has 5 heteroatoms. The van der Waals surface area contributed by atoms with E-state index in [-0.39, 0.29) is 5.82 Å². The molecule has 0 amide bonds. The highest BCUT2D eigenvalue weighted by atomic mass is 79.9. The van der Waals surface area contributed by atoms with Gasteiger partial charge >= 0.3 is 7.12 Å². The lowest BCUT2D eigenvalue weighted by atomic mass is 9.79. The van der Waals surface area contributed by atoms with Crippen molar-refractivity contribution >= 4 is 28.5 Å². The molecule has 1 saturated heterocycles. The molecule has 1 aromatic rings. The van der Waals surface area contributed by atoms with Crippen LogP contribution in [0.15, 0.2) is 22.7 Å². The summed E-state index contributed by atoms with van der Waals surface area (Å²) in [5, 5.41) is 0. The monoisotopic (exact) mass is 300 g/mol. The second-order valence-electron chi connectivity index (χ2n) is 5.22. The Morgan fingerprint density at radius 3 is 2.12 bits per heavy atom.